The summed E-state index contributed by atoms with van der Waals surface area (Å²) in [7, 11) is 4.20. The SMILES string of the molecule is CN(C)CCn1cc(CCN(CCO)C2CCc3cc(C=CC(=O)NO)ccc32)c2ccccc21. The predicted molar refractivity (Wildman–Crippen MR) is 139 cm³/mol. The lowest BCUT2D eigenvalue weighted by Gasteiger charge is -2.29. The number of aryl methyl sites for hydroxylation is 1. The predicted octanol–water partition coefficient (Wildman–Crippen LogP) is 3.25. The number of hydrogen-bond acceptors (Lipinski definition) is 5. The highest BCUT2D eigenvalue weighted by Gasteiger charge is 2.28. The number of amides is 1. The minimum absolute atomic E-state index is 0.132. The molecule has 0 saturated heterocycles. The van der Waals surface area contributed by atoms with Crippen LogP contribution in [0.25, 0.3) is 17.0 Å². The summed E-state index contributed by atoms with van der Waals surface area (Å²) in [5.41, 5.74) is 7.76. The van der Waals surface area contributed by atoms with Crippen LogP contribution in [0.1, 0.15) is 34.7 Å². The van der Waals surface area contributed by atoms with Crippen molar-refractivity contribution in [2.24, 2.45) is 0 Å². The summed E-state index contributed by atoms with van der Waals surface area (Å²) in [5, 5.41) is 19.8. The molecule has 0 spiro atoms. The summed E-state index contributed by atoms with van der Waals surface area (Å²) in [4.78, 5) is 15.9. The molecule has 1 heterocycles. The lowest BCUT2D eigenvalue weighted by molar-refractivity contribution is -0.124. The molecular formula is C28H36N4O3. The van der Waals surface area contributed by atoms with Gasteiger partial charge in [0.1, 0.15) is 0 Å². The van der Waals surface area contributed by atoms with Gasteiger partial charge in [-0.15, -0.1) is 0 Å². The third kappa shape index (κ3) is 6.00. The highest BCUT2D eigenvalue weighted by atomic mass is 16.5. The largest absolute Gasteiger partial charge is 0.395 e. The Morgan fingerprint density at radius 1 is 1.17 bits per heavy atom. The van der Waals surface area contributed by atoms with E-state index in [1.807, 2.05) is 6.07 Å². The number of hydroxylamine groups is 1. The van der Waals surface area contributed by atoms with Gasteiger partial charge in [-0.05, 0) is 67.8 Å². The van der Waals surface area contributed by atoms with E-state index in [2.05, 4.69) is 71.1 Å². The van der Waals surface area contributed by atoms with Crippen molar-refractivity contribution in [1.82, 2.24) is 19.8 Å². The van der Waals surface area contributed by atoms with Gasteiger partial charge in [-0.25, -0.2) is 5.48 Å². The Bertz CT molecular complexity index is 1180. The molecule has 1 atom stereocenters. The number of likely N-dealkylation sites (N-methyl/N-ethyl adjacent to an activating group) is 1. The van der Waals surface area contributed by atoms with Crippen molar-refractivity contribution in [2.45, 2.75) is 31.8 Å². The van der Waals surface area contributed by atoms with Crippen molar-refractivity contribution < 1.29 is 15.1 Å². The van der Waals surface area contributed by atoms with Gasteiger partial charge in [-0.2, -0.15) is 0 Å². The highest BCUT2D eigenvalue weighted by molar-refractivity contribution is 5.90. The Morgan fingerprint density at radius 2 is 2.00 bits per heavy atom. The number of rotatable bonds is 11. The molecule has 0 fully saturated rings. The molecule has 0 saturated carbocycles. The van der Waals surface area contributed by atoms with Crippen LogP contribution in [0.15, 0.2) is 54.7 Å². The molecule has 7 heteroatoms. The van der Waals surface area contributed by atoms with Crippen LogP contribution in [0.4, 0.5) is 0 Å². The summed E-state index contributed by atoms with van der Waals surface area (Å²) in [6.45, 7) is 3.61. The van der Waals surface area contributed by atoms with Crippen molar-refractivity contribution >= 4 is 22.9 Å². The molecule has 0 bridgehead atoms. The van der Waals surface area contributed by atoms with E-state index in [1.54, 1.807) is 11.6 Å². The van der Waals surface area contributed by atoms with E-state index in [0.717, 1.165) is 44.5 Å². The summed E-state index contributed by atoms with van der Waals surface area (Å²) < 4.78 is 2.36. The first-order valence-corrected chi connectivity index (χ1v) is 12.3. The fourth-order valence-corrected chi connectivity index (χ4v) is 5.14. The van der Waals surface area contributed by atoms with Gasteiger partial charge in [-0.3, -0.25) is 14.9 Å². The molecule has 4 rings (SSSR count). The molecule has 1 aromatic heterocycles. The molecule has 3 aromatic rings. The zero-order valence-electron chi connectivity index (χ0n) is 20.7. The molecule has 0 aliphatic heterocycles. The Kier molecular flexibility index (Phi) is 8.36. The van der Waals surface area contributed by atoms with Crippen molar-refractivity contribution in [3.05, 3.63) is 77.0 Å². The zero-order chi connectivity index (χ0) is 24.8. The number of nitrogens with zero attached hydrogens (tertiary/aromatic N) is 3. The third-order valence-corrected chi connectivity index (χ3v) is 6.91. The van der Waals surface area contributed by atoms with E-state index in [9.17, 15) is 9.90 Å². The molecule has 1 aliphatic rings. The lowest BCUT2D eigenvalue weighted by Crippen LogP contribution is -2.32. The summed E-state index contributed by atoms with van der Waals surface area (Å²) in [6, 6.07) is 15.2. The van der Waals surface area contributed by atoms with Gasteiger partial charge in [-0.1, -0.05) is 36.4 Å². The first-order chi connectivity index (χ1) is 17.0. The maximum absolute atomic E-state index is 11.3. The average molecular weight is 477 g/mol. The van der Waals surface area contributed by atoms with Gasteiger partial charge in [0.05, 0.1) is 6.61 Å². The van der Waals surface area contributed by atoms with E-state index in [-0.39, 0.29) is 12.6 Å². The Morgan fingerprint density at radius 3 is 2.77 bits per heavy atom. The van der Waals surface area contributed by atoms with Crippen LogP contribution in [0.2, 0.25) is 0 Å². The molecule has 1 amide bonds. The van der Waals surface area contributed by atoms with Gasteiger partial charge < -0.3 is 14.6 Å². The van der Waals surface area contributed by atoms with E-state index in [1.165, 1.54) is 33.7 Å². The number of para-hydroxylation sites is 1. The van der Waals surface area contributed by atoms with Gasteiger partial charge in [0.25, 0.3) is 5.91 Å². The van der Waals surface area contributed by atoms with Crippen LogP contribution in [-0.2, 0) is 24.2 Å². The first kappa shape index (κ1) is 25.1. The van der Waals surface area contributed by atoms with Crippen molar-refractivity contribution in [3.8, 4) is 0 Å². The summed E-state index contributed by atoms with van der Waals surface area (Å²) in [6.07, 6.45) is 8.25. The molecule has 3 N–H and O–H groups in total. The van der Waals surface area contributed by atoms with Crippen LogP contribution in [0.3, 0.4) is 0 Å². The molecular weight excluding hydrogens is 440 g/mol. The number of hydrogen-bond donors (Lipinski definition) is 3. The zero-order valence-corrected chi connectivity index (χ0v) is 20.7. The van der Waals surface area contributed by atoms with Crippen molar-refractivity contribution in [3.63, 3.8) is 0 Å². The number of nitrogens with one attached hydrogen (secondary N) is 1. The number of carbonyl (C=O) groups excluding carboxylic acids is 1. The van der Waals surface area contributed by atoms with E-state index < -0.39 is 5.91 Å². The third-order valence-electron chi connectivity index (χ3n) is 6.91. The molecule has 186 valence electrons. The van der Waals surface area contributed by atoms with Crippen LogP contribution >= 0.6 is 0 Å². The van der Waals surface area contributed by atoms with E-state index in [4.69, 9.17) is 5.21 Å². The number of aliphatic hydroxyl groups is 1. The summed E-state index contributed by atoms with van der Waals surface area (Å²) >= 11 is 0. The van der Waals surface area contributed by atoms with Gasteiger partial charge in [0, 0.05) is 55.4 Å². The van der Waals surface area contributed by atoms with Crippen molar-refractivity contribution in [1.29, 1.82) is 0 Å². The average Bonchev–Trinajstić information content (AvgIpc) is 3.45. The molecule has 2 aromatic carbocycles. The molecule has 35 heavy (non-hydrogen) atoms. The number of carbonyl (C=O) groups is 1. The number of aliphatic hydroxyl groups excluding tert-OH is 1. The Labute approximate surface area is 207 Å². The van der Waals surface area contributed by atoms with Crippen LogP contribution in [-0.4, -0.2) is 70.9 Å². The van der Waals surface area contributed by atoms with Crippen LogP contribution in [0.5, 0.6) is 0 Å². The minimum Gasteiger partial charge on any atom is -0.395 e. The normalized spacial score (nSPS) is 15.5. The maximum atomic E-state index is 11.3. The minimum atomic E-state index is -0.541. The molecule has 0 radical (unpaired) electrons. The fraction of sp³-hybridized carbons (Fsp3) is 0.393. The smallest absolute Gasteiger partial charge is 0.267 e. The van der Waals surface area contributed by atoms with Crippen LogP contribution in [0, 0.1) is 0 Å². The topological polar surface area (TPSA) is 81.0 Å². The quantitative estimate of drug-likeness (QED) is 0.225. The van der Waals surface area contributed by atoms with Crippen LogP contribution < -0.4 is 5.48 Å². The lowest BCUT2D eigenvalue weighted by atomic mass is 10.0. The van der Waals surface area contributed by atoms with Gasteiger partial charge in [0.15, 0.2) is 0 Å². The summed E-state index contributed by atoms with van der Waals surface area (Å²) in [5.74, 6) is -0.541. The monoisotopic (exact) mass is 476 g/mol. The second kappa shape index (κ2) is 11.6. The second-order valence-electron chi connectivity index (χ2n) is 9.50. The Hall–Kier alpha value is -2.97. The molecule has 7 nitrogen and oxygen atoms in total. The number of benzene rings is 2. The first-order valence-electron chi connectivity index (χ1n) is 12.3. The van der Waals surface area contributed by atoms with E-state index >= 15 is 0 Å². The highest BCUT2D eigenvalue weighted by Crippen LogP contribution is 2.36. The standard InChI is InChI=1S/C28H36N4O3/c1-30(2)15-16-32-20-23(24-5-3-4-6-26(24)32)13-14-31(17-18-33)27-11-9-22-19-21(7-10-25(22)27)8-12-28(34)29-35/h3-8,10,12,19-20,27,33,35H,9,11,13-18H2,1-2H3,(H,29,34). The van der Waals surface area contributed by atoms with Gasteiger partial charge in [0.2, 0.25) is 0 Å². The number of fused-ring (bicyclic) bond motifs is 2. The van der Waals surface area contributed by atoms with E-state index in [0.29, 0.717) is 6.54 Å². The maximum Gasteiger partial charge on any atom is 0.267 e. The second-order valence-corrected chi connectivity index (χ2v) is 9.50. The van der Waals surface area contributed by atoms with Gasteiger partial charge >= 0.3 is 0 Å². The van der Waals surface area contributed by atoms with Crippen molar-refractivity contribution in [2.75, 3.05) is 40.3 Å². The molecule has 1 aliphatic carbocycles. The Balaban J connectivity index is 1.50. The molecule has 1 unspecified atom stereocenters. The fourth-order valence-electron chi connectivity index (χ4n) is 5.14. The number of aromatic nitrogens is 1.